The number of piperidine rings is 1. The summed E-state index contributed by atoms with van der Waals surface area (Å²) < 4.78 is 17.7. The highest BCUT2D eigenvalue weighted by molar-refractivity contribution is 5.72. The van der Waals surface area contributed by atoms with E-state index in [2.05, 4.69) is 25.8 Å². The van der Waals surface area contributed by atoms with Crippen LogP contribution in [0.2, 0.25) is 0 Å². The molecule has 1 aliphatic rings. The fourth-order valence-corrected chi connectivity index (χ4v) is 3.53. The van der Waals surface area contributed by atoms with Crippen LogP contribution in [0, 0.1) is 5.41 Å². The number of aryl methyl sites for hydroxylation is 1. The molecule has 0 saturated carbocycles. The molecule has 0 spiro atoms. The van der Waals surface area contributed by atoms with Gasteiger partial charge in [0.1, 0.15) is 6.17 Å². The van der Waals surface area contributed by atoms with Crippen molar-refractivity contribution in [2.75, 3.05) is 13.1 Å². The van der Waals surface area contributed by atoms with Gasteiger partial charge >= 0.3 is 11.8 Å². The van der Waals surface area contributed by atoms with Crippen molar-refractivity contribution >= 4 is 17.3 Å². The maximum Gasteiger partial charge on any atom is 0.407 e. The molecule has 2 aromatic rings. The monoisotopic (exact) mass is 364 g/mol. The predicted molar refractivity (Wildman–Crippen MR) is 96.3 cm³/mol. The van der Waals surface area contributed by atoms with E-state index in [4.69, 9.17) is 5.11 Å². The summed E-state index contributed by atoms with van der Waals surface area (Å²) in [4.78, 5) is 29.3. The molecule has 7 nitrogen and oxygen atoms in total. The molecule has 2 aromatic heterocycles. The molecule has 1 saturated heterocycles. The van der Waals surface area contributed by atoms with E-state index in [1.54, 1.807) is 17.7 Å². The van der Waals surface area contributed by atoms with Gasteiger partial charge in [0.25, 0.3) is 0 Å². The molecule has 2 unspecified atom stereocenters. The summed E-state index contributed by atoms with van der Waals surface area (Å²) >= 11 is 0. The molecular weight excluding hydrogens is 339 g/mol. The zero-order chi connectivity index (χ0) is 19.2. The van der Waals surface area contributed by atoms with E-state index in [0.717, 1.165) is 10.4 Å². The van der Waals surface area contributed by atoms with Gasteiger partial charge in [0, 0.05) is 31.7 Å². The number of hydrogen-bond acceptors (Lipinski definition) is 3. The Hall–Kier alpha value is -2.38. The minimum Gasteiger partial charge on any atom is -0.465 e. The van der Waals surface area contributed by atoms with Crippen molar-refractivity contribution in [2.24, 2.45) is 12.5 Å². The van der Waals surface area contributed by atoms with Crippen molar-refractivity contribution in [2.45, 2.75) is 45.8 Å². The molecule has 0 aromatic carbocycles. The third-order valence-electron chi connectivity index (χ3n) is 4.83. The normalized spacial score (nSPS) is 21.3. The Morgan fingerprint density at radius 2 is 2.08 bits per heavy atom. The van der Waals surface area contributed by atoms with Crippen molar-refractivity contribution in [1.29, 1.82) is 0 Å². The number of amides is 1. The maximum absolute atomic E-state index is 14.5. The summed E-state index contributed by atoms with van der Waals surface area (Å²) in [6.45, 7) is 6.87. The van der Waals surface area contributed by atoms with Crippen molar-refractivity contribution in [1.82, 2.24) is 19.0 Å². The van der Waals surface area contributed by atoms with Gasteiger partial charge < -0.3 is 10.0 Å². The highest BCUT2D eigenvalue weighted by Crippen LogP contribution is 2.30. The lowest BCUT2D eigenvalue weighted by Gasteiger charge is -2.32. The number of hydrogen-bond donors (Lipinski definition) is 1. The van der Waals surface area contributed by atoms with Crippen LogP contribution < -0.4 is 5.69 Å². The molecule has 8 heteroatoms. The number of carboxylic acid groups (broad SMARTS) is 1. The average Bonchev–Trinajstić information content (AvgIpc) is 2.78. The Labute approximate surface area is 151 Å². The fraction of sp³-hybridized carbons (Fsp3) is 0.611. The Morgan fingerprint density at radius 3 is 2.65 bits per heavy atom. The molecule has 26 heavy (non-hydrogen) atoms. The highest BCUT2D eigenvalue weighted by atomic mass is 19.1. The molecule has 1 fully saturated rings. The number of pyridine rings is 1. The van der Waals surface area contributed by atoms with Crippen LogP contribution in [-0.2, 0) is 13.6 Å². The summed E-state index contributed by atoms with van der Waals surface area (Å²) in [5, 5.41) is 9.02. The number of alkyl halides is 1. The lowest BCUT2D eigenvalue weighted by Crippen LogP contribution is -2.43. The van der Waals surface area contributed by atoms with E-state index >= 15 is 0 Å². The summed E-state index contributed by atoms with van der Waals surface area (Å²) in [5.41, 5.74) is 1.62. The van der Waals surface area contributed by atoms with Crippen LogP contribution in [0.1, 0.15) is 38.8 Å². The molecule has 1 amide bonds. The lowest BCUT2D eigenvalue weighted by molar-refractivity contribution is 0.0955. The number of fused-ring (bicyclic) bond motifs is 1. The quantitative estimate of drug-likeness (QED) is 0.888. The van der Waals surface area contributed by atoms with Gasteiger partial charge in [-0.25, -0.2) is 19.0 Å². The zero-order valence-corrected chi connectivity index (χ0v) is 15.6. The fourth-order valence-electron chi connectivity index (χ4n) is 3.53. The number of rotatable bonds is 2. The number of likely N-dealkylation sites (tertiary alicyclic amines) is 1. The third kappa shape index (κ3) is 3.32. The van der Waals surface area contributed by atoms with Crippen molar-refractivity contribution < 1.29 is 14.3 Å². The molecule has 142 valence electrons. The van der Waals surface area contributed by atoms with Crippen LogP contribution in [0.15, 0.2) is 16.9 Å². The molecule has 1 N–H and O–H groups in total. The van der Waals surface area contributed by atoms with Crippen LogP contribution in [-0.4, -0.2) is 49.5 Å². The topological polar surface area (TPSA) is 80.4 Å². The number of imidazole rings is 1. The molecule has 1 aliphatic heterocycles. The first-order chi connectivity index (χ1) is 12.1. The first-order valence-electron chi connectivity index (χ1n) is 8.76. The second-order valence-electron chi connectivity index (χ2n) is 8.21. The van der Waals surface area contributed by atoms with Crippen molar-refractivity contribution in [3.05, 3.63) is 28.3 Å². The first kappa shape index (κ1) is 18.4. The van der Waals surface area contributed by atoms with Crippen LogP contribution in [0.3, 0.4) is 0 Å². The van der Waals surface area contributed by atoms with Crippen molar-refractivity contribution in [3.8, 4) is 0 Å². The molecule has 0 radical (unpaired) electrons. The van der Waals surface area contributed by atoms with Crippen LogP contribution in [0.5, 0.6) is 0 Å². The first-order valence-corrected chi connectivity index (χ1v) is 8.76. The maximum atomic E-state index is 14.5. The van der Waals surface area contributed by atoms with E-state index in [0.29, 0.717) is 24.3 Å². The Morgan fingerprint density at radius 1 is 1.38 bits per heavy atom. The second kappa shape index (κ2) is 6.41. The predicted octanol–water partition coefficient (Wildman–Crippen LogP) is 2.59. The van der Waals surface area contributed by atoms with Crippen LogP contribution in [0.4, 0.5) is 9.18 Å². The van der Waals surface area contributed by atoms with E-state index in [9.17, 15) is 14.0 Å². The van der Waals surface area contributed by atoms with Gasteiger partial charge in [0.05, 0.1) is 12.1 Å². The second-order valence-corrected chi connectivity index (χ2v) is 8.21. The van der Waals surface area contributed by atoms with Crippen molar-refractivity contribution in [3.63, 3.8) is 0 Å². The molecule has 2 atom stereocenters. The lowest BCUT2D eigenvalue weighted by atomic mass is 9.91. The number of halogens is 1. The average molecular weight is 364 g/mol. The summed E-state index contributed by atoms with van der Waals surface area (Å²) in [6, 6.07) is 3.58. The summed E-state index contributed by atoms with van der Waals surface area (Å²) in [7, 11) is 1.67. The largest absolute Gasteiger partial charge is 0.465 e. The number of carbonyl (C=O) groups is 1. The van der Waals surface area contributed by atoms with Gasteiger partial charge in [0.2, 0.25) is 0 Å². The molecule has 0 aliphatic carbocycles. The molecule has 0 bridgehead atoms. The molecular formula is C18H25FN4O3. The van der Waals surface area contributed by atoms with Crippen LogP contribution >= 0.6 is 0 Å². The van der Waals surface area contributed by atoms with E-state index in [1.807, 2.05) is 6.07 Å². The summed E-state index contributed by atoms with van der Waals surface area (Å²) in [6.07, 6.45) is -2.03. The van der Waals surface area contributed by atoms with Crippen LogP contribution in [0.25, 0.3) is 11.2 Å². The molecule has 3 rings (SSSR count). The zero-order valence-electron chi connectivity index (χ0n) is 15.6. The SMILES string of the molecule is Cn1c(=O)n(CC(C)(C)C)c2ccc(C3CCN(C(=O)O)CC3F)nc21. The Bertz CT molecular complexity index is 896. The van der Waals surface area contributed by atoms with Gasteiger partial charge in [-0.2, -0.15) is 0 Å². The minimum absolute atomic E-state index is 0.0650. The van der Waals surface area contributed by atoms with Gasteiger partial charge in [0.15, 0.2) is 5.65 Å². The minimum atomic E-state index is -1.31. The van der Waals surface area contributed by atoms with E-state index in [-0.39, 0.29) is 24.2 Å². The van der Waals surface area contributed by atoms with Gasteiger partial charge in [-0.1, -0.05) is 20.8 Å². The Kier molecular flexibility index (Phi) is 4.54. The number of aromatic nitrogens is 3. The molecule has 3 heterocycles. The smallest absolute Gasteiger partial charge is 0.407 e. The Balaban J connectivity index is 1.97. The van der Waals surface area contributed by atoms with Gasteiger partial charge in [-0.05, 0) is 24.0 Å². The third-order valence-corrected chi connectivity index (χ3v) is 4.83. The highest BCUT2D eigenvalue weighted by Gasteiger charge is 2.33. The number of nitrogens with zero attached hydrogens (tertiary/aromatic N) is 4. The summed E-state index contributed by atoms with van der Waals surface area (Å²) in [5.74, 6) is -0.462. The van der Waals surface area contributed by atoms with Gasteiger partial charge in [-0.3, -0.25) is 9.13 Å². The van der Waals surface area contributed by atoms with Gasteiger partial charge in [-0.15, -0.1) is 0 Å². The van der Waals surface area contributed by atoms with E-state index < -0.39 is 18.2 Å². The standard InChI is InChI=1S/C18H25FN4O3/c1-18(2,3)10-23-14-6-5-13(20-15(14)21(4)16(23)24)11-7-8-22(17(25)26)9-12(11)19/h5-6,11-12H,7-10H2,1-4H3,(H,25,26). The van der Waals surface area contributed by atoms with E-state index in [1.165, 1.54) is 4.57 Å².